The third kappa shape index (κ3) is 3.29. The van der Waals surface area contributed by atoms with Gasteiger partial charge in [0.05, 0.1) is 13.2 Å². The fraction of sp³-hybridized carbons (Fsp3) is 0.474. The van der Waals surface area contributed by atoms with Crippen molar-refractivity contribution in [1.29, 1.82) is 0 Å². The predicted octanol–water partition coefficient (Wildman–Crippen LogP) is 1.65. The number of primary amides is 1. The molecular weight excluding hydrogens is 378 g/mol. The number of piperidine rings is 1. The Labute approximate surface area is 167 Å². The van der Waals surface area contributed by atoms with Crippen LogP contribution < -0.4 is 10.5 Å². The minimum atomic E-state index is -0.378. The molecule has 0 radical (unpaired) electrons. The number of ether oxygens (including phenoxy) is 1. The lowest BCUT2D eigenvalue weighted by atomic mass is 9.92. The van der Waals surface area contributed by atoms with Crippen LogP contribution in [0.25, 0.3) is 0 Å². The van der Waals surface area contributed by atoms with Gasteiger partial charge in [0.1, 0.15) is 16.8 Å². The van der Waals surface area contributed by atoms with Crippen molar-refractivity contribution in [2.75, 3.05) is 20.2 Å². The normalized spacial score (nSPS) is 21.5. The maximum atomic E-state index is 13.1. The summed E-state index contributed by atoms with van der Waals surface area (Å²) < 4.78 is 7.00. The van der Waals surface area contributed by atoms with Crippen molar-refractivity contribution in [1.82, 2.24) is 19.7 Å². The largest absolute Gasteiger partial charge is 0.496 e. The van der Waals surface area contributed by atoms with Gasteiger partial charge in [-0.05, 0) is 38.9 Å². The van der Waals surface area contributed by atoms with Gasteiger partial charge < -0.3 is 10.5 Å². The van der Waals surface area contributed by atoms with Crippen LogP contribution in [-0.4, -0.2) is 56.9 Å². The zero-order valence-corrected chi connectivity index (χ0v) is 16.7. The summed E-state index contributed by atoms with van der Waals surface area (Å²) in [7, 11) is 1.63. The number of nitrogens with zero attached hydrogens (tertiary/aromatic N) is 4. The van der Waals surface area contributed by atoms with Crippen LogP contribution >= 0.6 is 11.8 Å². The summed E-state index contributed by atoms with van der Waals surface area (Å²) in [5.74, 6) is 0.895. The topological polar surface area (TPSA) is 103 Å². The van der Waals surface area contributed by atoms with E-state index in [0.29, 0.717) is 36.9 Å². The number of hydrogen-bond acceptors (Lipinski definition) is 7. The molecule has 1 aromatic carbocycles. The van der Waals surface area contributed by atoms with Gasteiger partial charge in [0.15, 0.2) is 5.16 Å². The molecule has 1 amide bonds. The van der Waals surface area contributed by atoms with Gasteiger partial charge in [-0.2, -0.15) is 4.68 Å². The molecule has 2 atom stereocenters. The summed E-state index contributed by atoms with van der Waals surface area (Å²) in [6, 6.07) is 7.57. The molecule has 0 spiro atoms. The van der Waals surface area contributed by atoms with Gasteiger partial charge in [0, 0.05) is 11.5 Å². The second-order valence-corrected chi connectivity index (χ2v) is 8.24. The first kappa shape index (κ1) is 18.9. The van der Waals surface area contributed by atoms with E-state index in [-0.39, 0.29) is 29.0 Å². The molecule has 0 aliphatic carbocycles. The number of aromatic nitrogens is 3. The minimum Gasteiger partial charge on any atom is -0.496 e. The molecule has 2 unspecified atom stereocenters. The molecule has 148 valence electrons. The van der Waals surface area contributed by atoms with Crippen LogP contribution in [0.1, 0.15) is 35.1 Å². The van der Waals surface area contributed by atoms with Crippen LogP contribution in [0.5, 0.6) is 5.75 Å². The molecule has 1 aromatic heterocycles. The molecule has 28 heavy (non-hydrogen) atoms. The smallest absolute Gasteiger partial charge is 0.264 e. The number of para-hydroxylation sites is 1. The number of amides is 1. The van der Waals surface area contributed by atoms with Crippen molar-refractivity contribution < 1.29 is 14.3 Å². The Bertz CT molecular complexity index is 907. The summed E-state index contributed by atoms with van der Waals surface area (Å²) in [5.41, 5.74) is 6.45. The first-order valence-electron chi connectivity index (χ1n) is 9.30. The van der Waals surface area contributed by atoms with Crippen LogP contribution in [0.2, 0.25) is 0 Å². The molecule has 9 heteroatoms. The Hall–Kier alpha value is -2.39. The average Bonchev–Trinajstić information content (AvgIpc) is 3.20. The van der Waals surface area contributed by atoms with E-state index in [1.807, 2.05) is 24.3 Å². The van der Waals surface area contributed by atoms with Gasteiger partial charge in [-0.15, -0.1) is 5.10 Å². The highest BCUT2D eigenvalue weighted by molar-refractivity contribution is 8.00. The molecule has 3 heterocycles. The van der Waals surface area contributed by atoms with Crippen molar-refractivity contribution >= 4 is 23.6 Å². The van der Waals surface area contributed by atoms with Gasteiger partial charge in [0.25, 0.3) is 5.91 Å². The molecule has 2 aliphatic heterocycles. The molecule has 2 N–H and O–H groups in total. The molecule has 1 fully saturated rings. The summed E-state index contributed by atoms with van der Waals surface area (Å²) >= 11 is 1.44. The van der Waals surface area contributed by atoms with Crippen molar-refractivity contribution in [3.8, 4) is 5.75 Å². The van der Waals surface area contributed by atoms with Crippen molar-refractivity contribution in [2.45, 2.75) is 36.2 Å². The highest BCUT2D eigenvalue weighted by Crippen LogP contribution is 2.44. The standard InChI is InChI=1S/C19H23N5O3S/c1-11-21-19-24(22-11)18(26)16(28-19)15(13-5-3-4-6-14(13)27-2)23-9-7-12(8-10-23)17(20)25/h3-6,12,15-16H,7-10H2,1-2H3,(H2,20,25). The number of rotatable bonds is 5. The van der Waals surface area contributed by atoms with Crippen LogP contribution in [0.4, 0.5) is 0 Å². The Morgan fingerprint density at radius 1 is 1.32 bits per heavy atom. The quantitative estimate of drug-likeness (QED) is 0.812. The van der Waals surface area contributed by atoms with Gasteiger partial charge in [-0.1, -0.05) is 30.0 Å². The average molecular weight is 401 g/mol. The lowest BCUT2D eigenvalue weighted by molar-refractivity contribution is -0.123. The van der Waals surface area contributed by atoms with E-state index >= 15 is 0 Å². The summed E-state index contributed by atoms with van der Waals surface area (Å²) in [4.78, 5) is 31.3. The van der Waals surface area contributed by atoms with Gasteiger partial charge in [0.2, 0.25) is 5.91 Å². The Morgan fingerprint density at radius 3 is 2.68 bits per heavy atom. The highest BCUT2D eigenvalue weighted by atomic mass is 32.2. The van der Waals surface area contributed by atoms with E-state index < -0.39 is 0 Å². The number of carbonyl (C=O) groups is 2. The molecular formula is C19H23N5O3S. The number of methoxy groups -OCH3 is 1. The molecule has 4 rings (SSSR count). The van der Waals surface area contributed by atoms with Gasteiger partial charge in [-0.3, -0.25) is 14.5 Å². The number of benzene rings is 1. The number of likely N-dealkylation sites (tertiary alicyclic amines) is 1. The Morgan fingerprint density at radius 2 is 2.04 bits per heavy atom. The second-order valence-electron chi connectivity index (χ2n) is 7.13. The molecule has 2 aliphatic rings. The fourth-order valence-corrected chi connectivity index (χ4v) is 5.31. The molecule has 0 saturated carbocycles. The van der Waals surface area contributed by atoms with E-state index in [0.717, 1.165) is 11.3 Å². The summed E-state index contributed by atoms with van der Waals surface area (Å²) in [6.07, 6.45) is 1.38. The lowest BCUT2D eigenvalue weighted by Crippen LogP contribution is -2.45. The van der Waals surface area contributed by atoms with Crippen molar-refractivity contribution in [3.63, 3.8) is 0 Å². The first-order chi connectivity index (χ1) is 13.5. The fourth-order valence-electron chi connectivity index (χ4n) is 4.02. The monoisotopic (exact) mass is 401 g/mol. The highest BCUT2D eigenvalue weighted by Gasteiger charge is 2.44. The van der Waals surface area contributed by atoms with Gasteiger partial charge >= 0.3 is 0 Å². The van der Waals surface area contributed by atoms with Gasteiger partial charge in [-0.25, -0.2) is 4.98 Å². The van der Waals surface area contributed by atoms with Crippen LogP contribution in [0.15, 0.2) is 29.4 Å². The number of aryl methyl sites for hydroxylation is 1. The van der Waals surface area contributed by atoms with Crippen LogP contribution in [0, 0.1) is 12.8 Å². The number of nitrogens with two attached hydrogens (primary N) is 1. The molecule has 0 bridgehead atoms. The van der Waals surface area contributed by atoms with Crippen LogP contribution in [-0.2, 0) is 4.79 Å². The third-order valence-corrected chi connectivity index (χ3v) is 6.63. The molecule has 2 aromatic rings. The maximum absolute atomic E-state index is 13.1. The van der Waals surface area contributed by atoms with E-state index in [9.17, 15) is 9.59 Å². The van der Waals surface area contributed by atoms with E-state index in [1.54, 1.807) is 14.0 Å². The van der Waals surface area contributed by atoms with E-state index in [1.165, 1.54) is 16.4 Å². The summed E-state index contributed by atoms with van der Waals surface area (Å²) in [6.45, 7) is 3.16. The summed E-state index contributed by atoms with van der Waals surface area (Å²) in [5, 5.41) is 4.49. The first-order valence-corrected chi connectivity index (χ1v) is 10.2. The van der Waals surface area contributed by atoms with E-state index in [4.69, 9.17) is 10.5 Å². The second kappa shape index (κ2) is 7.56. The number of carbonyl (C=O) groups excluding carboxylic acids is 2. The third-order valence-electron chi connectivity index (χ3n) is 5.44. The van der Waals surface area contributed by atoms with Crippen molar-refractivity contribution in [2.24, 2.45) is 11.7 Å². The predicted molar refractivity (Wildman–Crippen MR) is 104 cm³/mol. The maximum Gasteiger partial charge on any atom is 0.264 e. The van der Waals surface area contributed by atoms with E-state index in [2.05, 4.69) is 15.0 Å². The zero-order valence-electron chi connectivity index (χ0n) is 15.9. The van der Waals surface area contributed by atoms with Crippen molar-refractivity contribution in [3.05, 3.63) is 35.7 Å². The Kier molecular flexibility index (Phi) is 5.11. The molecule has 8 nitrogen and oxygen atoms in total. The number of fused-ring (bicyclic) bond motifs is 1. The lowest BCUT2D eigenvalue weighted by Gasteiger charge is -2.39. The molecule has 1 saturated heterocycles. The number of thioether (sulfide) groups is 1. The minimum absolute atomic E-state index is 0.0754. The number of hydrogen-bond donors (Lipinski definition) is 1. The SMILES string of the molecule is COc1ccccc1C(C1Sc2nc(C)nn2C1=O)N1CCC(C(N)=O)CC1. The Balaban J connectivity index is 1.68. The zero-order chi connectivity index (χ0) is 19.8. The van der Waals surface area contributed by atoms with Crippen LogP contribution in [0.3, 0.4) is 0 Å².